The Kier molecular flexibility index (Phi) is 4.49. The second-order valence-electron chi connectivity index (χ2n) is 2.85. The SMILES string of the molecule is C=C1OCCN1c1nc(C)nc(Cl)n1.CC. The van der Waals surface area contributed by atoms with Crippen LogP contribution in [-0.2, 0) is 4.74 Å². The summed E-state index contributed by atoms with van der Waals surface area (Å²) >= 11 is 5.72. The van der Waals surface area contributed by atoms with Crippen LogP contribution in [0.5, 0.6) is 0 Å². The molecule has 0 N–H and O–H groups in total. The van der Waals surface area contributed by atoms with E-state index in [2.05, 4.69) is 21.5 Å². The van der Waals surface area contributed by atoms with E-state index in [9.17, 15) is 0 Å². The van der Waals surface area contributed by atoms with Gasteiger partial charge in [0, 0.05) is 0 Å². The van der Waals surface area contributed by atoms with E-state index < -0.39 is 0 Å². The fourth-order valence-corrected chi connectivity index (χ4v) is 1.42. The Morgan fingerprint density at radius 3 is 2.50 bits per heavy atom. The first-order valence-electron chi connectivity index (χ1n) is 5.14. The summed E-state index contributed by atoms with van der Waals surface area (Å²) in [6.45, 7) is 10.8. The van der Waals surface area contributed by atoms with Gasteiger partial charge in [0.25, 0.3) is 0 Å². The molecule has 16 heavy (non-hydrogen) atoms. The molecule has 0 saturated carbocycles. The monoisotopic (exact) mass is 242 g/mol. The highest BCUT2D eigenvalue weighted by atomic mass is 35.5. The van der Waals surface area contributed by atoms with Gasteiger partial charge in [0.1, 0.15) is 12.4 Å². The lowest BCUT2D eigenvalue weighted by Gasteiger charge is -2.13. The molecule has 6 heteroatoms. The van der Waals surface area contributed by atoms with Gasteiger partial charge in [-0.3, -0.25) is 4.90 Å². The number of anilines is 1. The van der Waals surface area contributed by atoms with Gasteiger partial charge in [-0.25, -0.2) is 4.98 Å². The van der Waals surface area contributed by atoms with Crippen LogP contribution >= 0.6 is 11.6 Å². The van der Waals surface area contributed by atoms with Gasteiger partial charge in [0.15, 0.2) is 5.88 Å². The van der Waals surface area contributed by atoms with E-state index in [4.69, 9.17) is 16.3 Å². The predicted octanol–water partition coefficient (Wildman–Crippen LogP) is 2.17. The highest BCUT2D eigenvalue weighted by molar-refractivity contribution is 6.28. The lowest BCUT2D eigenvalue weighted by Crippen LogP contribution is -2.20. The molecule has 88 valence electrons. The number of nitrogens with zero attached hydrogens (tertiary/aromatic N) is 4. The molecule has 2 heterocycles. The summed E-state index contributed by atoms with van der Waals surface area (Å²) in [4.78, 5) is 13.8. The van der Waals surface area contributed by atoms with Gasteiger partial charge in [-0.1, -0.05) is 13.8 Å². The van der Waals surface area contributed by atoms with Crippen LogP contribution < -0.4 is 4.90 Å². The summed E-state index contributed by atoms with van der Waals surface area (Å²) in [6, 6.07) is 0. The van der Waals surface area contributed by atoms with Crippen molar-refractivity contribution in [3.05, 3.63) is 23.6 Å². The van der Waals surface area contributed by atoms with Gasteiger partial charge in [-0.15, -0.1) is 0 Å². The average molecular weight is 243 g/mol. The van der Waals surface area contributed by atoms with Crippen molar-refractivity contribution in [2.45, 2.75) is 20.8 Å². The van der Waals surface area contributed by atoms with Crippen LogP contribution in [0.3, 0.4) is 0 Å². The van der Waals surface area contributed by atoms with E-state index >= 15 is 0 Å². The minimum Gasteiger partial charge on any atom is -0.477 e. The molecule has 1 fully saturated rings. The van der Waals surface area contributed by atoms with Gasteiger partial charge in [0.2, 0.25) is 11.2 Å². The first kappa shape index (κ1) is 12.7. The summed E-state index contributed by atoms with van der Waals surface area (Å²) < 4.78 is 5.19. The van der Waals surface area contributed by atoms with E-state index in [0.29, 0.717) is 30.8 Å². The molecule has 1 aromatic rings. The third-order valence-electron chi connectivity index (χ3n) is 1.83. The molecule has 2 rings (SSSR count). The maximum atomic E-state index is 5.72. The Bertz CT molecular complexity index is 363. The van der Waals surface area contributed by atoms with Crippen molar-refractivity contribution in [2.75, 3.05) is 18.1 Å². The Morgan fingerprint density at radius 1 is 1.31 bits per heavy atom. The second kappa shape index (κ2) is 5.65. The molecule has 0 bridgehead atoms. The molecule has 0 aromatic carbocycles. The van der Waals surface area contributed by atoms with Crippen LogP contribution in [0.2, 0.25) is 5.28 Å². The van der Waals surface area contributed by atoms with Crippen molar-refractivity contribution in [2.24, 2.45) is 0 Å². The van der Waals surface area contributed by atoms with Gasteiger partial charge < -0.3 is 4.74 Å². The highest BCUT2D eigenvalue weighted by Crippen LogP contribution is 2.19. The molecule has 0 amide bonds. The van der Waals surface area contributed by atoms with Gasteiger partial charge >= 0.3 is 0 Å². The van der Waals surface area contributed by atoms with Crippen molar-refractivity contribution < 1.29 is 4.74 Å². The lowest BCUT2D eigenvalue weighted by atomic mass is 10.6. The summed E-state index contributed by atoms with van der Waals surface area (Å²) in [6.07, 6.45) is 0. The number of aryl methyl sites for hydroxylation is 1. The highest BCUT2D eigenvalue weighted by Gasteiger charge is 2.21. The summed E-state index contributed by atoms with van der Waals surface area (Å²) in [5, 5.41) is 0.187. The van der Waals surface area contributed by atoms with Gasteiger partial charge in [-0.05, 0) is 25.1 Å². The summed E-state index contributed by atoms with van der Waals surface area (Å²) in [5.74, 6) is 1.62. The molecule has 0 spiro atoms. The molecule has 5 nitrogen and oxygen atoms in total. The second-order valence-corrected chi connectivity index (χ2v) is 3.18. The predicted molar refractivity (Wildman–Crippen MR) is 63.4 cm³/mol. The van der Waals surface area contributed by atoms with Crippen molar-refractivity contribution in [3.63, 3.8) is 0 Å². The molecule has 0 aliphatic carbocycles. The zero-order chi connectivity index (χ0) is 12.1. The zero-order valence-electron chi connectivity index (χ0n) is 9.70. The average Bonchev–Trinajstić information content (AvgIpc) is 2.66. The van der Waals surface area contributed by atoms with Crippen LogP contribution in [0, 0.1) is 6.92 Å². The largest absolute Gasteiger partial charge is 0.477 e. The Hall–Kier alpha value is -1.36. The Balaban J connectivity index is 0.000000606. The standard InChI is InChI=1S/C8H9ClN4O.C2H6/c1-5-10-7(9)12-8(11-5)13-3-4-14-6(13)2;1-2/h2-4H2,1H3;1-2H3. The molecule has 0 radical (unpaired) electrons. The number of aromatic nitrogens is 3. The minimum atomic E-state index is 0.187. The zero-order valence-corrected chi connectivity index (χ0v) is 10.5. The fraction of sp³-hybridized carbons (Fsp3) is 0.500. The topological polar surface area (TPSA) is 51.1 Å². The molecular weight excluding hydrogens is 228 g/mol. The molecule has 1 saturated heterocycles. The minimum absolute atomic E-state index is 0.187. The molecule has 1 aliphatic heterocycles. The first-order chi connectivity index (χ1) is 7.66. The van der Waals surface area contributed by atoms with Crippen LogP contribution in [0.1, 0.15) is 19.7 Å². The Morgan fingerprint density at radius 2 is 2.00 bits per heavy atom. The third-order valence-corrected chi connectivity index (χ3v) is 2.00. The van der Waals surface area contributed by atoms with E-state index in [1.807, 2.05) is 13.8 Å². The molecule has 1 aromatic heterocycles. The third kappa shape index (κ3) is 2.82. The number of ether oxygens (including phenoxy) is 1. The maximum Gasteiger partial charge on any atom is 0.236 e. The molecule has 1 aliphatic rings. The van der Waals surface area contributed by atoms with Crippen LogP contribution in [-0.4, -0.2) is 28.1 Å². The Labute approximate surface area is 100 Å². The van der Waals surface area contributed by atoms with Crippen LogP contribution in [0.25, 0.3) is 0 Å². The van der Waals surface area contributed by atoms with E-state index in [1.165, 1.54) is 0 Å². The number of hydrogen-bond donors (Lipinski definition) is 0. The van der Waals surface area contributed by atoms with Gasteiger partial charge in [0.05, 0.1) is 6.54 Å². The van der Waals surface area contributed by atoms with Crippen LogP contribution in [0.15, 0.2) is 12.5 Å². The summed E-state index contributed by atoms with van der Waals surface area (Å²) in [5.41, 5.74) is 0. The van der Waals surface area contributed by atoms with Crippen molar-refractivity contribution in [1.82, 2.24) is 15.0 Å². The number of hydrogen-bond acceptors (Lipinski definition) is 5. The molecule has 0 unspecified atom stereocenters. The van der Waals surface area contributed by atoms with Gasteiger partial charge in [-0.2, -0.15) is 9.97 Å². The van der Waals surface area contributed by atoms with E-state index in [1.54, 1.807) is 11.8 Å². The molecule has 0 atom stereocenters. The normalized spacial score (nSPS) is 14.2. The lowest BCUT2D eigenvalue weighted by molar-refractivity contribution is 0.269. The first-order valence-corrected chi connectivity index (χ1v) is 5.52. The quantitative estimate of drug-likeness (QED) is 0.756. The number of halogens is 1. The van der Waals surface area contributed by atoms with Crippen molar-refractivity contribution >= 4 is 17.5 Å². The molecular formula is C10H15ClN4O. The van der Waals surface area contributed by atoms with E-state index in [0.717, 1.165) is 0 Å². The summed E-state index contributed by atoms with van der Waals surface area (Å²) in [7, 11) is 0. The maximum absolute atomic E-state index is 5.72. The van der Waals surface area contributed by atoms with Crippen molar-refractivity contribution in [3.8, 4) is 0 Å². The van der Waals surface area contributed by atoms with Crippen molar-refractivity contribution in [1.29, 1.82) is 0 Å². The van der Waals surface area contributed by atoms with Crippen LogP contribution in [0.4, 0.5) is 5.95 Å². The number of rotatable bonds is 1. The fourth-order valence-electron chi connectivity index (χ4n) is 1.23. The smallest absolute Gasteiger partial charge is 0.236 e. The van der Waals surface area contributed by atoms with E-state index in [-0.39, 0.29) is 5.28 Å².